The summed E-state index contributed by atoms with van der Waals surface area (Å²) in [5.74, 6) is 0.857. The van der Waals surface area contributed by atoms with Crippen LogP contribution in [0.4, 0.5) is 0 Å². The highest BCUT2D eigenvalue weighted by atomic mass is 32.2. The Kier molecular flexibility index (Phi) is 4.24. The molecule has 0 aromatic carbocycles. The van der Waals surface area contributed by atoms with Crippen LogP contribution in [0.1, 0.15) is 25.7 Å². The van der Waals surface area contributed by atoms with Crippen LogP contribution in [0.3, 0.4) is 0 Å². The second kappa shape index (κ2) is 6.11. The zero-order valence-electron chi connectivity index (χ0n) is 10.8. The van der Waals surface area contributed by atoms with E-state index in [0.29, 0.717) is 12.6 Å². The minimum Gasteiger partial charge on any atom is -0.377 e. The third kappa shape index (κ3) is 3.21. The number of nitrogens with zero attached hydrogens (tertiary/aromatic N) is 2. The van der Waals surface area contributed by atoms with Crippen LogP contribution in [0.5, 0.6) is 0 Å². The molecule has 7 heteroatoms. The van der Waals surface area contributed by atoms with E-state index in [1.54, 1.807) is 16.3 Å². The standard InChI is InChI=1S/C12H19N3O3S/c16-11-13-14-12(19-8-10-4-2-6-18-10)15(11)7-9-3-1-5-17-9/h9-10H,1-8H2,(H,13,16). The number of H-pyrrole nitrogens is 1. The molecule has 106 valence electrons. The topological polar surface area (TPSA) is 69.1 Å². The lowest BCUT2D eigenvalue weighted by atomic mass is 10.2. The van der Waals surface area contributed by atoms with Crippen LogP contribution in [0.15, 0.2) is 9.95 Å². The number of aromatic amines is 1. The minimum atomic E-state index is -0.148. The van der Waals surface area contributed by atoms with Crippen molar-refractivity contribution in [3.63, 3.8) is 0 Å². The van der Waals surface area contributed by atoms with Gasteiger partial charge in [-0.2, -0.15) is 0 Å². The van der Waals surface area contributed by atoms with Crippen LogP contribution in [0, 0.1) is 0 Å². The van der Waals surface area contributed by atoms with Gasteiger partial charge in [0.05, 0.1) is 18.8 Å². The first-order valence-electron chi connectivity index (χ1n) is 6.84. The molecule has 0 radical (unpaired) electrons. The van der Waals surface area contributed by atoms with Crippen molar-refractivity contribution >= 4 is 11.8 Å². The first-order valence-corrected chi connectivity index (χ1v) is 7.82. The van der Waals surface area contributed by atoms with E-state index in [4.69, 9.17) is 9.47 Å². The molecule has 1 aromatic heterocycles. The second-order valence-corrected chi connectivity index (χ2v) is 5.99. The molecule has 3 rings (SSSR count). The Balaban J connectivity index is 1.61. The van der Waals surface area contributed by atoms with E-state index in [2.05, 4.69) is 10.2 Å². The summed E-state index contributed by atoms with van der Waals surface area (Å²) >= 11 is 1.59. The maximum atomic E-state index is 11.8. The van der Waals surface area contributed by atoms with Gasteiger partial charge in [-0.15, -0.1) is 5.10 Å². The predicted molar refractivity (Wildman–Crippen MR) is 71.5 cm³/mol. The Morgan fingerprint density at radius 2 is 2.00 bits per heavy atom. The molecular weight excluding hydrogens is 266 g/mol. The summed E-state index contributed by atoms with van der Waals surface area (Å²) in [5, 5.41) is 7.37. The van der Waals surface area contributed by atoms with E-state index in [0.717, 1.165) is 49.8 Å². The fourth-order valence-corrected chi connectivity index (χ4v) is 3.53. The first-order chi connectivity index (χ1) is 9.33. The molecule has 0 spiro atoms. The average Bonchev–Trinajstić information content (AvgIpc) is 3.13. The largest absolute Gasteiger partial charge is 0.377 e. The van der Waals surface area contributed by atoms with Crippen LogP contribution in [0.25, 0.3) is 0 Å². The van der Waals surface area contributed by atoms with Gasteiger partial charge >= 0.3 is 5.69 Å². The number of hydrogen-bond donors (Lipinski definition) is 1. The molecule has 1 aromatic rings. The molecule has 0 aliphatic carbocycles. The zero-order valence-corrected chi connectivity index (χ0v) is 11.7. The van der Waals surface area contributed by atoms with Gasteiger partial charge in [-0.05, 0) is 25.7 Å². The van der Waals surface area contributed by atoms with Gasteiger partial charge in [0.25, 0.3) is 0 Å². The number of ether oxygens (including phenoxy) is 2. The van der Waals surface area contributed by atoms with Gasteiger partial charge in [0.15, 0.2) is 5.16 Å². The van der Waals surface area contributed by atoms with Gasteiger partial charge in [-0.25, -0.2) is 9.89 Å². The Labute approximate surface area is 115 Å². The molecule has 2 fully saturated rings. The summed E-state index contributed by atoms with van der Waals surface area (Å²) < 4.78 is 12.9. The predicted octanol–water partition coefficient (Wildman–Crippen LogP) is 1.02. The summed E-state index contributed by atoms with van der Waals surface area (Å²) in [5.41, 5.74) is -0.148. The van der Waals surface area contributed by atoms with E-state index in [9.17, 15) is 4.79 Å². The Morgan fingerprint density at radius 1 is 1.26 bits per heavy atom. The third-order valence-corrected chi connectivity index (χ3v) is 4.66. The molecule has 0 amide bonds. The molecule has 19 heavy (non-hydrogen) atoms. The molecule has 6 nitrogen and oxygen atoms in total. The van der Waals surface area contributed by atoms with Gasteiger partial charge < -0.3 is 9.47 Å². The van der Waals surface area contributed by atoms with Crippen molar-refractivity contribution in [3.8, 4) is 0 Å². The number of rotatable bonds is 5. The summed E-state index contributed by atoms with van der Waals surface area (Å²) in [6, 6.07) is 0. The third-order valence-electron chi connectivity index (χ3n) is 3.56. The van der Waals surface area contributed by atoms with Crippen molar-refractivity contribution in [2.75, 3.05) is 19.0 Å². The van der Waals surface area contributed by atoms with Crippen LogP contribution in [0.2, 0.25) is 0 Å². The van der Waals surface area contributed by atoms with Crippen LogP contribution in [-0.4, -0.2) is 45.9 Å². The highest BCUT2D eigenvalue weighted by Crippen LogP contribution is 2.22. The van der Waals surface area contributed by atoms with Gasteiger partial charge in [0, 0.05) is 19.0 Å². The van der Waals surface area contributed by atoms with Crippen molar-refractivity contribution in [2.24, 2.45) is 0 Å². The first kappa shape index (κ1) is 13.2. The zero-order chi connectivity index (χ0) is 13.1. The molecular formula is C12H19N3O3S. The van der Waals surface area contributed by atoms with Gasteiger partial charge in [0.1, 0.15) is 0 Å². The Morgan fingerprint density at radius 3 is 2.68 bits per heavy atom. The fourth-order valence-electron chi connectivity index (χ4n) is 2.51. The number of aromatic nitrogens is 3. The monoisotopic (exact) mass is 285 g/mol. The van der Waals surface area contributed by atoms with E-state index < -0.39 is 0 Å². The highest BCUT2D eigenvalue weighted by Gasteiger charge is 2.21. The lowest BCUT2D eigenvalue weighted by molar-refractivity contribution is 0.0941. The summed E-state index contributed by atoms with van der Waals surface area (Å²) in [7, 11) is 0. The maximum Gasteiger partial charge on any atom is 0.344 e. The molecule has 0 bridgehead atoms. The number of hydrogen-bond acceptors (Lipinski definition) is 5. The van der Waals surface area contributed by atoms with E-state index in [1.165, 1.54) is 0 Å². The average molecular weight is 285 g/mol. The molecule has 2 aliphatic heterocycles. The summed E-state index contributed by atoms with van der Waals surface area (Å²) in [6.07, 6.45) is 4.79. The van der Waals surface area contributed by atoms with E-state index in [-0.39, 0.29) is 11.8 Å². The normalized spacial score (nSPS) is 27.2. The maximum absolute atomic E-state index is 11.8. The molecule has 2 atom stereocenters. The molecule has 2 saturated heterocycles. The summed E-state index contributed by atoms with van der Waals surface area (Å²) in [4.78, 5) is 11.8. The minimum absolute atomic E-state index is 0.148. The molecule has 2 aliphatic rings. The highest BCUT2D eigenvalue weighted by molar-refractivity contribution is 7.99. The van der Waals surface area contributed by atoms with Crippen molar-refractivity contribution < 1.29 is 9.47 Å². The van der Waals surface area contributed by atoms with Crippen molar-refractivity contribution in [1.82, 2.24) is 14.8 Å². The van der Waals surface area contributed by atoms with Crippen LogP contribution >= 0.6 is 11.8 Å². The summed E-state index contributed by atoms with van der Waals surface area (Å²) in [6.45, 7) is 2.26. The van der Waals surface area contributed by atoms with Gasteiger partial charge in [0.2, 0.25) is 0 Å². The molecule has 0 saturated carbocycles. The van der Waals surface area contributed by atoms with Crippen molar-refractivity contribution in [2.45, 2.75) is 49.6 Å². The molecule has 2 unspecified atom stereocenters. The fraction of sp³-hybridized carbons (Fsp3) is 0.833. The van der Waals surface area contributed by atoms with E-state index >= 15 is 0 Å². The second-order valence-electron chi connectivity index (χ2n) is 5.00. The van der Waals surface area contributed by atoms with Crippen molar-refractivity contribution in [1.29, 1.82) is 0 Å². The Hall–Kier alpha value is -0.790. The smallest absolute Gasteiger partial charge is 0.344 e. The lowest BCUT2D eigenvalue weighted by Gasteiger charge is -2.12. The van der Waals surface area contributed by atoms with E-state index in [1.807, 2.05) is 0 Å². The SMILES string of the molecule is O=c1[nH]nc(SCC2CCCO2)n1CC1CCCO1. The molecule has 3 heterocycles. The van der Waals surface area contributed by atoms with Gasteiger partial charge in [-0.3, -0.25) is 4.57 Å². The number of nitrogens with one attached hydrogen (secondary N) is 1. The molecule has 1 N–H and O–H groups in total. The van der Waals surface area contributed by atoms with Crippen molar-refractivity contribution in [3.05, 3.63) is 10.5 Å². The quantitative estimate of drug-likeness (QED) is 0.818. The van der Waals surface area contributed by atoms with Crippen LogP contribution < -0.4 is 5.69 Å². The Bertz CT molecular complexity index is 461. The van der Waals surface area contributed by atoms with Gasteiger partial charge in [-0.1, -0.05) is 11.8 Å². The van der Waals surface area contributed by atoms with Crippen LogP contribution in [-0.2, 0) is 16.0 Å². The lowest BCUT2D eigenvalue weighted by Crippen LogP contribution is -2.25. The number of thioether (sulfide) groups is 1.